The van der Waals surface area contributed by atoms with Crippen LogP contribution in [0.2, 0.25) is 10.0 Å². The normalized spacial score (nSPS) is 10.7. The van der Waals surface area contributed by atoms with Crippen LogP contribution >= 0.6 is 23.2 Å². The second-order valence-corrected chi connectivity index (χ2v) is 7.86. The third kappa shape index (κ3) is 5.46. The van der Waals surface area contributed by atoms with Gasteiger partial charge in [0.2, 0.25) is 0 Å². The highest BCUT2D eigenvalue weighted by Crippen LogP contribution is 2.22. The fourth-order valence-corrected chi connectivity index (χ4v) is 3.45. The van der Waals surface area contributed by atoms with Crippen molar-refractivity contribution in [2.75, 3.05) is 5.32 Å². The topological polar surface area (TPSA) is 56.2 Å². The minimum absolute atomic E-state index is 0.193. The molecule has 0 fully saturated rings. The summed E-state index contributed by atoms with van der Waals surface area (Å²) >= 11 is 12.2. The molecular formula is C24H18Cl2FN3O2. The first-order valence-electron chi connectivity index (χ1n) is 9.73. The van der Waals surface area contributed by atoms with Gasteiger partial charge in [-0.25, -0.2) is 4.39 Å². The Kier molecular flexibility index (Phi) is 6.73. The molecule has 162 valence electrons. The summed E-state index contributed by atoms with van der Waals surface area (Å²) in [5, 5.41) is 7.81. The Balaban J connectivity index is 1.42. The van der Waals surface area contributed by atoms with Gasteiger partial charge in [0.1, 0.15) is 23.2 Å². The molecule has 32 heavy (non-hydrogen) atoms. The Labute approximate surface area is 194 Å². The smallest absolute Gasteiger partial charge is 0.256 e. The van der Waals surface area contributed by atoms with E-state index in [0.29, 0.717) is 21.9 Å². The van der Waals surface area contributed by atoms with E-state index >= 15 is 0 Å². The summed E-state index contributed by atoms with van der Waals surface area (Å²) in [6.45, 7) is 0.470. The van der Waals surface area contributed by atoms with Crippen molar-refractivity contribution < 1.29 is 13.9 Å². The van der Waals surface area contributed by atoms with Crippen molar-refractivity contribution in [1.82, 2.24) is 9.78 Å². The van der Waals surface area contributed by atoms with Gasteiger partial charge in [0, 0.05) is 22.3 Å². The zero-order valence-electron chi connectivity index (χ0n) is 16.8. The second kappa shape index (κ2) is 9.85. The SMILES string of the molecule is O=C(Nc1nn(Cc2ccccc2F)cc1Cl)c1cccc(COc2cccc(Cl)c2)c1. The van der Waals surface area contributed by atoms with Gasteiger partial charge in [-0.3, -0.25) is 9.48 Å². The van der Waals surface area contributed by atoms with Crippen LogP contribution in [0.4, 0.5) is 10.2 Å². The molecule has 0 saturated heterocycles. The van der Waals surface area contributed by atoms with E-state index in [9.17, 15) is 9.18 Å². The molecule has 1 heterocycles. The van der Waals surface area contributed by atoms with E-state index in [0.717, 1.165) is 5.56 Å². The number of nitrogens with zero attached hydrogens (tertiary/aromatic N) is 2. The minimum Gasteiger partial charge on any atom is -0.489 e. The second-order valence-electron chi connectivity index (χ2n) is 7.02. The predicted octanol–water partition coefficient (Wildman–Crippen LogP) is 6.21. The Bertz CT molecular complexity index is 1260. The molecule has 1 amide bonds. The Hall–Kier alpha value is -3.35. The zero-order chi connectivity index (χ0) is 22.5. The molecule has 0 unspecified atom stereocenters. The van der Waals surface area contributed by atoms with Crippen molar-refractivity contribution in [2.45, 2.75) is 13.2 Å². The number of nitrogens with one attached hydrogen (secondary N) is 1. The number of benzene rings is 3. The molecule has 0 bridgehead atoms. The van der Waals surface area contributed by atoms with Crippen molar-refractivity contribution in [1.29, 1.82) is 0 Å². The van der Waals surface area contributed by atoms with Gasteiger partial charge in [0.25, 0.3) is 5.91 Å². The van der Waals surface area contributed by atoms with E-state index < -0.39 is 0 Å². The number of rotatable bonds is 7. The number of ether oxygens (including phenoxy) is 1. The minimum atomic E-state index is -0.368. The van der Waals surface area contributed by atoms with Crippen LogP contribution in [-0.2, 0) is 13.2 Å². The highest BCUT2D eigenvalue weighted by Gasteiger charge is 2.14. The van der Waals surface area contributed by atoms with Crippen LogP contribution in [0.1, 0.15) is 21.5 Å². The van der Waals surface area contributed by atoms with E-state index in [4.69, 9.17) is 27.9 Å². The number of halogens is 3. The van der Waals surface area contributed by atoms with E-state index in [1.165, 1.54) is 10.7 Å². The Morgan fingerprint density at radius 2 is 1.84 bits per heavy atom. The van der Waals surface area contributed by atoms with Gasteiger partial charge in [0.15, 0.2) is 5.82 Å². The monoisotopic (exact) mass is 469 g/mol. The van der Waals surface area contributed by atoms with Crippen molar-refractivity contribution >= 4 is 34.9 Å². The number of hydrogen-bond donors (Lipinski definition) is 1. The van der Waals surface area contributed by atoms with E-state index in [1.807, 2.05) is 12.1 Å². The summed E-state index contributed by atoms with van der Waals surface area (Å²) in [6, 6.07) is 20.5. The van der Waals surface area contributed by atoms with E-state index in [2.05, 4.69) is 10.4 Å². The Morgan fingerprint density at radius 1 is 1.03 bits per heavy atom. The summed E-state index contributed by atoms with van der Waals surface area (Å²) in [5.41, 5.74) is 1.71. The lowest BCUT2D eigenvalue weighted by molar-refractivity contribution is 0.102. The van der Waals surface area contributed by atoms with Gasteiger partial charge < -0.3 is 10.1 Å². The summed E-state index contributed by atoms with van der Waals surface area (Å²) in [7, 11) is 0. The number of carbonyl (C=O) groups is 1. The fraction of sp³-hybridized carbons (Fsp3) is 0.0833. The lowest BCUT2D eigenvalue weighted by Gasteiger charge is -2.08. The summed E-state index contributed by atoms with van der Waals surface area (Å²) < 4.78 is 21.1. The number of hydrogen-bond acceptors (Lipinski definition) is 3. The number of carbonyl (C=O) groups excluding carboxylic acids is 1. The molecule has 0 aliphatic rings. The largest absolute Gasteiger partial charge is 0.489 e. The first-order valence-corrected chi connectivity index (χ1v) is 10.5. The summed E-state index contributed by atoms with van der Waals surface area (Å²) in [6.07, 6.45) is 1.54. The van der Waals surface area contributed by atoms with Gasteiger partial charge in [-0.15, -0.1) is 0 Å². The van der Waals surface area contributed by atoms with Crippen molar-refractivity contribution in [2.24, 2.45) is 0 Å². The number of aromatic nitrogens is 2. The maximum absolute atomic E-state index is 13.9. The third-order valence-electron chi connectivity index (χ3n) is 4.63. The van der Waals surface area contributed by atoms with Crippen molar-refractivity contribution in [3.63, 3.8) is 0 Å². The number of anilines is 1. The van der Waals surface area contributed by atoms with E-state index in [-0.39, 0.29) is 35.7 Å². The lowest BCUT2D eigenvalue weighted by atomic mass is 10.1. The highest BCUT2D eigenvalue weighted by molar-refractivity contribution is 6.33. The molecule has 5 nitrogen and oxygen atoms in total. The maximum Gasteiger partial charge on any atom is 0.256 e. The van der Waals surface area contributed by atoms with Gasteiger partial charge >= 0.3 is 0 Å². The van der Waals surface area contributed by atoms with Gasteiger partial charge in [0.05, 0.1) is 6.54 Å². The first-order chi connectivity index (χ1) is 15.5. The van der Waals surface area contributed by atoms with Crippen LogP contribution in [0.3, 0.4) is 0 Å². The third-order valence-corrected chi connectivity index (χ3v) is 5.14. The van der Waals surface area contributed by atoms with Crippen LogP contribution in [0.15, 0.2) is 79.0 Å². The van der Waals surface area contributed by atoms with Crippen molar-refractivity contribution in [3.8, 4) is 5.75 Å². The predicted molar refractivity (Wildman–Crippen MR) is 123 cm³/mol. The molecule has 0 aliphatic carbocycles. The number of amides is 1. The molecule has 0 spiro atoms. The maximum atomic E-state index is 13.9. The van der Waals surface area contributed by atoms with Crippen LogP contribution in [-0.4, -0.2) is 15.7 Å². The van der Waals surface area contributed by atoms with E-state index in [1.54, 1.807) is 60.8 Å². The van der Waals surface area contributed by atoms with Crippen LogP contribution in [0.25, 0.3) is 0 Å². The Morgan fingerprint density at radius 3 is 2.66 bits per heavy atom. The molecule has 3 aromatic carbocycles. The van der Waals surface area contributed by atoms with Crippen LogP contribution in [0.5, 0.6) is 5.75 Å². The molecule has 0 radical (unpaired) electrons. The molecule has 0 atom stereocenters. The van der Waals surface area contributed by atoms with Crippen LogP contribution < -0.4 is 10.1 Å². The molecule has 1 aromatic heterocycles. The molecular weight excluding hydrogens is 452 g/mol. The summed E-state index contributed by atoms with van der Waals surface area (Å²) in [4.78, 5) is 12.7. The molecule has 4 rings (SSSR count). The molecule has 4 aromatic rings. The van der Waals surface area contributed by atoms with Gasteiger partial charge in [-0.05, 0) is 42.0 Å². The molecule has 8 heteroatoms. The average molecular weight is 470 g/mol. The zero-order valence-corrected chi connectivity index (χ0v) is 18.3. The average Bonchev–Trinajstić information content (AvgIpc) is 3.12. The van der Waals surface area contributed by atoms with Crippen molar-refractivity contribution in [3.05, 3.63) is 112 Å². The molecule has 0 saturated carbocycles. The highest BCUT2D eigenvalue weighted by atomic mass is 35.5. The fourth-order valence-electron chi connectivity index (χ4n) is 3.07. The quantitative estimate of drug-likeness (QED) is 0.350. The standard InChI is InChI=1S/C24H18Cl2FN3O2/c25-19-8-4-9-20(12-19)32-15-16-5-3-7-17(11-16)24(31)28-23-21(26)14-30(29-23)13-18-6-1-2-10-22(18)27/h1-12,14H,13,15H2,(H,28,29,31). The molecule has 0 aliphatic heterocycles. The molecule has 1 N–H and O–H groups in total. The summed E-state index contributed by atoms with van der Waals surface area (Å²) in [5.74, 6) is 0.141. The van der Waals surface area contributed by atoms with Crippen LogP contribution in [0, 0.1) is 5.82 Å². The lowest BCUT2D eigenvalue weighted by Crippen LogP contribution is -2.13. The first kappa shape index (κ1) is 21.9. The van der Waals surface area contributed by atoms with Gasteiger partial charge in [-0.1, -0.05) is 59.6 Å². The van der Waals surface area contributed by atoms with Gasteiger partial charge in [-0.2, -0.15) is 5.10 Å².